The van der Waals surface area contributed by atoms with E-state index in [0.717, 1.165) is 22.5 Å². The Morgan fingerprint density at radius 1 is 1.15 bits per heavy atom. The maximum atomic E-state index is 3.13. The molecule has 0 aliphatic rings. The zero-order valence-electron chi connectivity index (χ0n) is 8.89. The number of hydrogen-bond acceptors (Lipinski definition) is 2. The molecule has 0 saturated heterocycles. The summed E-state index contributed by atoms with van der Waals surface area (Å²) in [6.07, 6.45) is 0. The van der Waals surface area contributed by atoms with Crippen LogP contribution < -0.4 is 10.5 Å². The molecule has 0 bridgehead atoms. The van der Waals surface area contributed by atoms with Gasteiger partial charge in [0, 0.05) is 0 Å². The Balaban J connectivity index is 3.73. The zero-order valence-corrected chi connectivity index (χ0v) is 10.9. The van der Waals surface area contributed by atoms with Crippen LogP contribution in [0.25, 0.3) is 0 Å². The first-order chi connectivity index (χ1) is 6.28. The van der Waals surface area contributed by atoms with Crippen molar-refractivity contribution in [2.24, 2.45) is 0 Å². The van der Waals surface area contributed by atoms with E-state index in [2.05, 4.69) is 46.1 Å². The summed E-state index contributed by atoms with van der Waals surface area (Å²) >= 11 is 0. The SMILES string of the molecule is C[B]C([B]NC)PC([B]NC)PC. The van der Waals surface area contributed by atoms with Crippen molar-refractivity contribution < 1.29 is 0 Å². The van der Waals surface area contributed by atoms with Gasteiger partial charge in [0.05, 0.1) is 0 Å². The van der Waals surface area contributed by atoms with Crippen LogP contribution in [0.5, 0.6) is 0 Å². The van der Waals surface area contributed by atoms with Crippen LogP contribution in [0.4, 0.5) is 0 Å². The van der Waals surface area contributed by atoms with Crippen molar-refractivity contribution >= 4 is 39.3 Å². The van der Waals surface area contributed by atoms with Gasteiger partial charge in [0.25, 0.3) is 0 Å². The molecular formula is C6H18B3N2P2. The highest BCUT2D eigenvalue weighted by Crippen LogP contribution is 2.33. The molecule has 3 radical (unpaired) electrons. The lowest BCUT2D eigenvalue weighted by atomic mass is 9.62. The first kappa shape index (κ1) is 14.0. The fourth-order valence-corrected chi connectivity index (χ4v) is 3.72. The maximum absolute atomic E-state index is 3.13. The Bertz CT molecular complexity index is 108. The van der Waals surface area contributed by atoms with Crippen LogP contribution in [0.2, 0.25) is 6.82 Å². The summed E-state index contributed by atoms with van der Waals surface area (Å²) in [5.41, 5.74) is 0.604. The van der Waals surface area contributed by atoms with Gasteiger partial charge < -0.3 is 10.5 Å². The molecule has 0 aliphatic carbocycles. The maximum Gasteiger partial charge on any atom is 0.217 e. The van der Waals surface area contributed by atoms with Gasteiger partial charge in [-0.2, -0.15) is 0 Å². The average molecular weight is 213 g/mol. The summed E-state index contributed by atoms with van der Waals surface area (Å²) in [7, 11) is 12.5. The standard InChI is InChI=1S/C6H18B3N2P2/c1-7-5(8-10-2)13-6(12-4)9-11-3/h5-6,10-13H,1-4H3. The van der Waals surface area contributed by atoms with E-state index in [1.165, 1.54) is 0 Å². The van der Waals surface area contributed by atoms with Gasteiger partial charge in [-0.15, -0.1) is 17.2 Å². The summed E-state index contributed by atoms with van der Waals surface area (Å²) < 4.78 is 0. The summed E-state index contributed by atoms with van der Waals surface area (Å²) in [6.45, 7) is 4.39. The molecule has 0 rings (SSSR count). The average Bonchev–Trinajstić information content (AvgIpc) is 2.16. The summed E-state index contributed by atoms with van der Waals surface area (Å²) in [5, 5.41) is 6.96. The van der Waals surface area contributed by atoms with Crippen molar-refractivity contribution in [2.75, 3.05) is 20.8 Å². The molecule has 0 amide bonds. The van der Waals surface area contributed by atoms with Crippen LogP contribution in [-0.2, 0) is 0 Å². The molecule has 0 fully saturated rings. The first-order valence-corrected chi connectivity index (χ1v) is 7.25. The van der Waals surface area contributed by atoms with Crippen LogP contribution in [0.15, 0.2) is 0 Å². The minimum absolute atomic E-state index is 0.604. The molecule has 0 aromatic rings. The summed E-state index contributed by atoms with van der Waals surface area (Å²) in [4.78, 5) is 0. The highest BCUT2D eigenvalue weighted by atomic mass is 31.1. The van der Waals surface area contributed by atoms with Gasteiger partial charge in [-0.25, -0.2) is 0 Å². The Kier molecular flexibility index (Phi) is 10.2. The zero-order chi connectivity index (χ0) is 10.1. The molecule has 4 unspecified atom stereocenters. The normalized spacial score (nSPS) is 16.6. The third-order valence-electron chi connectivity index (χ3n) is 1.72. The lowest BCUT2D eigenvalue weighted by Crippen LogP contribution is -2.32. The molecule has 2 N–H and O–H groups in total. The van der Waals surface area contributed by atoms with E-state index in [9.17, 15) is 0 Å². The molecule has 71 valence electrons. The van der Waals surface area contributed by atoms with Gasteiger partial charge in [-0.3, -0.25) is 0 Å². The van der Waals surface area contributed by atoms with Gasteiger partial charge in [0.15, 0.2) is 0 Å². The van der Waals surface area contributed by atoms with Gasteiger partial charge in [-0.05, 0) is 26.1 Å². The van der Waals surface area contributed by atoms with Crippen LogP contribution >= 0.6 is 17.2 Å². The van der Waals surface area contributed by atoms with Gasteiger partial charge in [-0.1, -0.05) is 12.3 Å². The van der Waals surface area contributed by atoms with E-state index in [-0.39, 0.29) is 0 Å². The minimum Gasteiger partial charge on any atom is -0.363 e. The van der Waals surface area contributed by atoms with E-state index < -0.39 is 0 Å². The van der Waals surface area contributed by atoms with Crippen LogP contribution in [0.1, 0.15) is 0 Å². The third-order valence-corrected chi connectivity index (χ3v) is 5.29. The van der Waals surface area contributed by atoms with E-state index in [4.69, 9.17) is 0 Å². The Morgan fingerprint density at radius 3 is 2.15 bits per heavy atom. The van der Waals surface area contributed by atoms with Crippen molar-refractivity contribution in [3.8, 4) is 0 Å². The topological polar surface area (TPSA) is 24.1 Å². The van der Waals surface area contributed by atoms with Crippen molar-refractivity contribution in [1.29, 1.82) is 0 Å². The van der Waals surface area contributed by atoms with Crippen molar-refractivity contribution in [2.45, 2.75) is 17.6 Å². The lowest BCUT2D eigenvalue weighted by Gasteiger charge is -2.19. The number of rotatable bonds is 8. The molecule has 2 nitrogen and oxygen atoms in total. The van der Waals surface area contributed by atoms with Crippen molar-refractivity contribution in [3.05, 3.63) is 0 Å². The second-order valence-corrected chi connectivity index (χ2v) is 6.10. The highest BCUT2D eigenvalue weighted by molar-refractivity contribution is 7.63. The predicted molar refractivity (Wildman–Crippen MR) is 71.4 cm³/mol. The molecule has 0 heterocycles. The Hall–Kier alpha value is 0.975. The smallest absolute Gasteiger partial charge is 0.217 e. The highest BCUT2D eigenvalue weighted by Gasteiger charge is 2.14. The van der Waals surface area contributed by atoms with Gasteiger partial charge in [0.2, 0.25) is 14.8 Å². The second kappa shape index (κ2) is 9.53. The molecular weight excluding hydrogens is 194 g/mol. The molecule has 0 aromatic carbocycles. The van der Waals surface area contributed by atoms with Crippen molar-refractivity contribution in [1.82, 2.24) is 10.5 Å². The van der Waals surface area contributed by atoms with Crippen molar-refractivity contribution in [3.63, 3.8) is 0 Å². The van der Waals surface area contributed by atoms with Crippen LogP contribution in [0, 0.1) is 0 Å². The van der Waals surface area contributed by atoms with Crippen LogP contribution in [0.3, 0.4) is 0 Å². The molecule has 4 atom stereocenters. The van der Waals surface area contributed by atoms with E-state index in [1.54, 1.807) is 0 Å². The fourth-order valence-electron chi connectivity index (χ4n) is 1.01. The number of nitrogens with one attached hydrogen (secondary N) is 2. The van der Waals surface area contributed by atoms with E-state index in [1.807, 2.05) is 14.1 Å². The first-order valence-electron chi connectivity index (χ1n) is 4.52. The monoisotopic (exact) mass is 213 g/mol. The van der Waals surface area contributed by atoms with Crippen LogP contribution in [-0.4, -0.2) is 53.6 Å². The fraction of sp³-hybridized carbons (Fsp3) is 1.00. The van der Waals surface area contributed by atoms with Gasteiger partial charge in [0.1, 0.15) is 7.28 Å². The third kappa shape index (κ3) is 6.97. The summed E-state index contributed by atoms with van der Waals surface area (Å²) in [5.74, 6) is 0. The molecule has 7 heteroatoms. The van der Waals surface area contributed by atoms with E-state index >= 15 is 0 Å². The second-order valence-electron chi connectivity index (χ2n) is 2.70. The lowest BCUT2D eigenvalue weighted by molar-refractivity contribution is 1.23. The largest absolute Gasteiger partial charge is 0.363 e. The molecule has 0 aliphatic heterocycles. The molecule has 13 heavy (non-hydrogen) atoms. The molecule has 0 spiro atoms. The van der Waals surface area contributed by atoms with E-state index in [0.29, 0.717) is 5.46 Å². The Morgan fingerprint density at radius 2 is 1.77 bits per heavy atom. The molecule has 0 aromatic heterocycles. The number of hydrogen-bond donors (Lipinski definition) is 2. The molecule has 0 saturated carbocycles. The Labute approximate surface area is 88.5 Å². The predicted octanol–water partition coefficient (Wildman–Crippen LogP) is -0.0301. The summed E-state index contributed by atoms with van der Waals surface area (Å²) in [6, 6.07) is 0. The quantitative estimate of drug-likeness (QED) is 0.436. The minimum atomic E-state index is 0.604. The van der Waals surface area contributed by atoms with Gasteiger partial charge >= 0.3 is 0 Å².